The summed E-state index contributed by atoms with van der Waals surface area (Å²) in [6.45, 7) is -1.79. The minimum absolute atomic E-state index is 0.0194. The first kappa shape index (κ1) is 18.3. The van der Waals surface area contributed by atoms with Gasteiger partial charge in [-0.3, -0.25) is 10.2 Å². The summed E-state index contributed by atoms with van der Waals surface area (Å²) in [7, 11) is 0. The van der Waals surface area contributed by atoms with E-state index < -0.39 is 6.61 Å². The second-order valence-electron chi connectivity index (χ2n) is 6.08. The van der Waals surface area contributed by atoms with Crippen molar-refractivity contribution >= 4 is 5.91 Å². The number of carbonyl (C=O) groups is 1. The maximum absolute atomic E-state index is 12.5. The van der Waals surface area contributed by atoms with Gasteiger partial charge in [-0.05, 0) is 29.7 Å². The van der Waals surface area contributed by atoms with Crippen LogP contribution in [0.2, 0.25) is 0 Å². The van der Waals surface area contributed by atoms with Gasteiger partial charge in [0.25, 0.3) is 0 Å². The van der Waals surface area contributed by atoms with Crippen LogP contribution in [0.15, 0.2) is 54.6 Å². The van der Waals surface area contributed by atoms with Crippen LogP contribution in [-0.2, 0) is 11.2 Å². The van der Waals surface area contributed by atoms with E-state index in [1.807, 2.05) is 30.3 Å². The molecule has 2 aromatic carbocycles. The number of ether oxygens (including phenoxy) is 1. The van der Waals surface area contributed by atoms with Crippen molar-refractivity contribution in [2.45, 2.75) is 19.1 Å². The molecule has 7 heteroatoms. The molecule has 3 rings (SSSR count). The van der Waals surface area contributed by atoms with Crippen molar-refractivity contribution in [3.8, 4) is 5.75 Å². The molecule has 1 fully saturated rings. The van der Waals surface area contributed by atoms with Crippen LogP contribution < -0.4 is 20.9 Å². The second kappa shape index (κ2) is 8.73. The molecule has 0 aromatic heterocycles. The van der Waals surface area contributed by atoms with E-state index in [-0.39, 0.29) is 23.6 Å². The van der Waals surface area contributed by atoms with Gasteiger partial charge < -0.3 is 10.1 Å². The minimum Gasteiger partial charge on any atom is -0.435 e. The molecule has 26 heavy (non-hydrogen) atoms. The summed E-state index contributed by atoms with van der Waals surface area (Å²) in [6.07, 6.45) is 0.615. The molecule has 5 nitrogen and oxygen atoms in total. The Morgan fingerprint density at radius 1 is 1.15 bits per heavy atom. The molecule has 2 aromatic rings. The first-order valence-electron chi connectivity index (χ1n) is 8.48. The molecular weight excluding hydrogens is 340 g/mol. The van der Waals surface area contributed by atoms with Crippen LogP contribution in [0.3, 0.4) is 0 Å². The number of benzene rings is 2. The number of hydrazine groups is 1. The summed E-state index contributed by atoms with van der Waals surface area (Å²) < 4.78 is 28.6. The Hall–Kier alpha value is -2.51. The lowest BCUT2D eigenvalue weighted by atomic mass is 9.94. The molecule has 0 radical (unpaired) electrons. The topological polar surface area (TPSA) is 62.4 Å². The molecular formula is C19H21F2N3O2. The number of halogens is 2. The van der Waals surface area contributed by atoms with E-state index >= 15 is 0 Å². The molecule has 0 bridgehead atoms. The zero-order chi connectivity index (χ0) is 18.4. The molecule has 1 aliphatic heterocycles. The van der Waals surface area contributed by atoms with E-state index in [4.69, 9.17) is 0 Å². The number of amides is 1. The van der Waals surface area contributed by atoms with Gasteiger partial charge in [0, 0.05) is 13.1 Å². The number of rotatable bonds is 7. The first-order valence-corrected chi connectivity index (χ1v) is 8.48. The lowest BCUT2D eigenvalue weighted by Gasteiger charge is -2.18. The van der Waals surface area contributed by atoms with E-state index in [1.54, 1.807) is 12.1 Å². The van der Waals surface area contributed by atoms with E-state index in [2.05, 4.69) is 20.9 Å². The standard InChI is InChI=1S/C19H21F2N3O2/c20-19(21)26-15-8-6-13(7-9-15)10-11-22-18(25)16-12-23-24-17(16)14-4-2-1-3-5-14/h1-9,16-17,19,23-24H,10-12H2,(H,22,25). The lowest BCUT2D eigenvalue weighted by molar-refractivity contribution is -0.124. The zero-order valence-electron chi connectivity index (χ0n) is 14.1. The first-order chi connectivity index (χ1) is 12.6. The van der Waals surface area contributed by atoms with Crippen molar-refractivity contribution in [2.75, 3.05) is 13.1 Å². The maximum atomic E-state index is 12.5. The van der Waals surface area contributed by atoms with E-state index in [9.17, 15) is 13.6 Å². The van der Waals surface area contributed by atoms with Crippen molar-refractivity contribution in [1.82, 2.24) is 16.2 Å². The van der Waals surface area contributed by atoms with Crippen molar-refractivity contribution in [3.63, 3.8) is 0 Å². The van der Waals surface area contributed by atoms with Crippen LogP contribution >= 0.6 is 0 Å². The van der Waals surface area contributed by atoms with Crippen LogP contribution in [0, 0.1) is 5.92 Å². The summed E-state index contributed by atoms with van der Waals surface area (Å²) in [5.41, 5.74) is 8.19. The Kier molecular flexibility index (Phi) is 6.14. The van der Waals surface area contributed by atoms with Gasteiger partial charge in [0.1, 0.15) is 5.75 Å². The SMILES string of the molecule is O=C(NCCc1ccc(OC(F)F)cc1)C1CNNC1c1ccccc1. The number of nitrogens with one attached hydrogen (secondary N) is 3. The molecule has 0 aliphatic carbocycles. The minimum atomic E-state index is -2.83. The van der Waals surface area contributed by atoms with Gasteiger partial charge in [0.05, 0.1) is 12.0 Å². The molecule has 1 heterocycles. The third-order valence-corrected chi connectivity index (χ3v) is 4.34. The number of hydrogen-bond acceptors (Lipinski definition) is 4. The van der Waals surface area contributed by atoms with E-state index in [0.29, 0.717) is 19.5 Å². The normalized spacial score (nSPS) is 19.5. The Labute approximate surface area is 150 Å². The van der Waals surface area contributed by atoms with Crippen molar-refractivity contribution < 1.29 is 18.3 Å². The summed E-state index contributed by atoms with van der Waals surface area (Å²) in [6, 6.07) is 16.2. The van der Waals surface area contributed by atoms with E-state index in [1.165, 1.54) is 12.1 Å². The van der Waals surface area contributed by atoms with Crippen molar-refractivity contribution in [3.05, 3.63) is 65.7 Å². The average Bonchev–Trinajstić information content (AvgIpc) is 3.13. The number of carbonyl (C=O) groups excluding carboxylic acids is 1. The molecule has 3 N–H and O–H groups in total. The monoisotopic (exact) mass is 361 g/mol. The molecule has 138 valence electrons. The highest BCUT2D eigenvalue weighted by molar-refractivity contribution is 5.80. The molecule has 1 saturated heterocycles. The van der Waals surface area contributed by atoms with Crippen LogP contribution in [-0.4, -0.2) is 25.6 Å². The molecule has 2 atom stereocenters. The van der Waals surface area contributed by atoms with Gasteiger partial charge in [-0.15, -0.1) is 0 Å². The molecule has 0 saturated carbocycles. The van der Waals surface area contributed by atoms with E-state index in [0.717, 1.165) is 11.1 Å². The van der Waals surface area contributed by atoms with Gasteiger partial charge in [0.2, 0.25) is 5.91 Å². The van der Waals surface area contributed by atoms with Crippen LogP contribution in [0.5, 0.6) is 5.75 Å². The Morgan fingerprint density at radius 2 is 1.88 bits per heavy atom. The molecule has 0 spiro atoms. The lowest BCUT2D eigenvalue weighted by Crippen LogP contribution is -2.36. The highest BCUT2D eigenvalue weighted by Crippen LogP contribution is 2.24. The van der Waals surface area contributed by atoms with Crippen molar-refractivity contribution in [1.29, 1.82) is 0 Å². The van der Waals surface area contributed by atoms with Crippen LogP contribution in [0.4, 0.5) is 8.78 Å². The summed E-state index contributed by atoms with van der Waals surface area (Å²) in [5, 5.41) is 2.95. The molecule has 2 unspecified atom stereocenters. The number of hydrogen-bond donors (Lipinski definition) is 3. The summed E-state index contributed by atoms with van der Waals surface area (Å²) in [5.74, 6) is -0.0881. The average molecular weight is 361 g/mol. The Bertz CT molecular complexity index is 710. The molecule has 1 aliphatic rings. The molecule has 1 amide bonds. The van der Waals surface area contributed by atoms with Crippen LogP contribution in [0.1, 0.15) is 17.2 Å². The fraction of sp³-hybridized carbons (Fsp3) is 0.316. The van der Waals surface area contributed by atoms with Crippen LogP contribution in [0.25, 0.3) is 0 Å². The van der Waals surface area contributed by atoms with Gasteiger partial charge in [0.15, 0.2) is 0 Å². The van der Waals surface area contributed by atoms with Gasteiger partial charge in [-0.25, -0.2) is 5.43 Å². The largest absolute Gasteiger partial charge is 0.435 e. The van der Waals surface area contributed by atoms with Gasteiger partial charge >= 0.3 is 6.61 Å². The fourth-order valence-electron chi connectivity index (χ4n) is 3.02. The summed E-state index contributed by atoms with van der Waals surface area (Å²) in [4.78, 5) is 12.5. The highest BCUT2D eigenvalue weighted by Gasteiger charge is 2.33. The zero-order valence-corrected chi connectivity index (χ0v) is 14.1. The van der Waals surface area contributed by atoms with Gasteiger partial charge in [-0.1, -0.05) is 42.5 Å². The second-order valence-corrected chi connectivity index (χ2v) is 6.08. The number of alkyl halides is 2. The smallest absolute Gasteiger partial charge is 0.387 e. The highest BCUT2D eigenvalue weighted by atomic mass is 19.3. The predicted octanol–water partition coefficient (Wildman–Crippen LogP) is 2.41. The maximum Gasteiger partial charge on any atom is 0.387 e. The third kappa shape index (κ3) is 4.77. The predicted molar refractivity (Wildman–Crippen MR) is 93.6 cm³/mol. The van der Waals surface area contributed by atoms with Gasteiger partial charge in [-0.2, -0.15) is 8.78 Å². The van der Waals surface area contributed by atoms with Crippen molar-refractivity contribution in [2.24, 2.45) is 5.92 Å². The Balaban J connectivity index is 1.49. The quantitative estimate of drug-likeness (QED) is 0.709. The Morgan fingerprint density at radius 3 is 2.58 bits per heavy atom. The summed E-state index contributed by atoms with van der Waals surface area (Å²) >= 11 is 0. The fourth-order valence-corrected chi connectivity index (χ4v) is 3.02. The third-order valence-electron chi connectivity index (χ3n) is 4.34.